The summed E-state index contributed by atoms with van der Waals surface area (Å²) < 4.78 is 5.22. The lowest BCUT2D eigenvalue weighted by Gasteiger charge is -2.32. The van der Waals surface area contributed by atoms with Gasteiger partial charge in [-0.05, 0) is 18.8 Å². The van der Waals surface area contributed by atoms with E-state index in [9.17, 15) is 9.59 Å². The Hall–Kier alpha value is -0.850. The maximum atomic E-state index is 12.1. The second-order valence-corrected chi connectivity index (χ2v) is 5.16. The van der Waals surface area contributed by atoms with Gasteiger partial charge in [-0.3, -0.25) is 9.59 Å². The molecule has 7 heteroatoms. The Labute approximate surface area is 119 Å². The Morgan fingerprint density at radius 2 is 2.05 bits per heavy atom. The van der Waals surface area contributed by atoms with Crippen molar-refractivity contribution in [2.45, 2.75) is 37.8 Å². The Morgan fingerprint density at radius 3 is 2.63 bits per heavy atom. The quantitative estimate of drug-likeness (QED) is 0.742. The van der Waals surface area contributed by atoms with Crippen molar-refractivity contribution in [2.24, 2.45) is 17.4 Å². The summed E-state index contributed by atoms with van der Waals surface area (Å²) in [5.74, 6) is -0.163. The van der Waals surface area contributed by atoms with Gasteiger partial charge in [0.1, 0.15) is 0 Å². The summed E-state index contributed by atoms with van der Waals surface area (Å²) in [6.07, 6.45) is 2.94. The van der Waals surface area contributed by atoms with Crippen molar-refractivity contribution in [3.05, 3.63) is 0 Å². The molecule has 1 aliphatic carbocycles. The van der Waals surface area contributed by atoms with Crippen molar-refractivity contribution in [1.82, 2.24) is 4.90 Å². The third-order valence-corrected chi connectivity index (χ3v) is 3.89. The molecule has 2 aliphatic rings. The molecule has 0 radical (unpaired) electrons. The van der Waals surface area contributed by atoms with Crippen molar-refractivity contribution >= 4 is 24.2 Å². The van der Waals surface area contributed by atoms with Gasteiger partial charge in [0.15, 0.2) is 6.10 Å². The zero-order chi connectivity index (χ0) is 13.1. The van der Waals surface area contributed by atoms with Crippen molar-refractivity contribution in [1.29, 1.82) is 0 Å². The van der Waals surface area contributed by atoms with Gasteiger partial charge in [0.05, 0.1) is 13.2 Å². The highest BCUT2D eigenvalue weighted by Crippen LogP contribution is 2.27. The van der Waals surface area contributed by atoms with Gasteiger partial charge in [0.2, 0.25) is 11.8 Å². The average Bonchev–Trinajstić information content (AvgIpc) is 2.75. The third kappa shape index (κ3) is 4.06. The Morgan fingerprint density at radius 1 is 1.32 bits per heavy atom. The van der Waals surface area contributed by atoms with E-state index in [1.54, 1.807) is 4.90 Å². The van der Waals surface area contributed by atoms with Crippen molar-refractivity contribution in [2.75, 3.05) is 19.7 Å². The minimum atomic E-state index is -0.667. The van der Waals surface area contributed by atoms with Crippen LogP contribution in [0.4, 0.5) is 0 Å². The van der Waals surface area contributed by atoms with Gasteiger partial charge in [-0.1, -0.05) is 6.42 Å². The average molecular weight is 292 g/mol. The van der Waals surface area contributed by atoms with E-state index in [0.717, 1.165) is 19.3 Å². The van der Waals surface area contributed by atoms with Crippen LogP contribution in [0.5, 0.6) is 0 Å². The fourth-order valence-corrected chi connectivity index (χ4v) is 2.72. The first-order valence-corrected chi connectivity index (χ1v) is 6.52. The molecule has 2 amide bonds. The van der Waals surface area contributed by atoms with E-state index in [1.807, 2.05) is 0 Å². The highest BCUT2D eigenvalue weighted by molar-refractivity contribution is 5.85. The van der Waals surface area contributed by atoms with Gasteiger partial charge in [0, 0.05) is 19.0 Å². The van der Waals surface area contributed by atoms with E-state index in [2.05, 4.69) is 0 Å². The molecule has 1 saturated carbocycles. The monoisotopic (exact) mass is 291 g/mol. The molecule has 1 unspecified atom stereocenters. The molecule has 0 aromatic heterocycles. The van der Waals surface area contributed by atoms with Crippen LogP contribution in [0.3, 0.4) is 0 Å². The third-order valence-electron chi connectivity index (χ3n) is 3.89. The minimum absolute atomic E-state index is 0. The smallest absolute Gasteiger partial charge is 0.248 e. The summed E-state index contributed by atoms with van der Waals surface area (Å²) >= 11 is 0. The van der Waals surface area contributed by atoms with E-state index >= 15 is 0 Å². The molecule has 6 nitrogen and oxygen atoms in total. The number of rotatable bonds is 3. The molecule has 0 spiro atoms. The van der Waals surface area contributed by atoms with Crippen molar-refractivity contribution in [3.8, 4) is 0 Å². The van der Waals surface area contributed by atoms with E-state index in [1.165, 1.54) is 0 Å². The first-order valence-electron chi connectivity index (χ1n) is 6.52. The number of halogens is 1. The lowest BCUT2D eigenvalue weighted by Crippen LogP contribution is -2.51. The van der Waals surface area contributed by atoms with Crippen LogP contribution < -0.4 is 11.5 Å². The zero-order valence-electron chi connectivity index (χ0n) is 10.9. The molecule has 2 fully saturated rings. The van der Waals surface area contributed by atoms with Crippen LogP contribution in [0, 0.1) is 5.92 Å². The zero-order valence-corrected chi connectivity index (χ0v) is 11.7. The summed E-state index contributed by atoms with van der Waals surface area (Å²) in [5, 5.41) is 0. The number of carbonyl (C=O) groups excluding carboxylic acids is 2. The van der Waals surface area contributed by atoms with Crippen LogP contribution in [0.1, 0.15) is 25.7 Å². The van der Waals surface area contributed by atoms with Crippen LogP contribution in [-0.2, 0) is 14.3 Å². The molecule has 0 bridgehead atoms. The number of amides is 2. The molecular weight excluding hydrogens is 270 g/mol. The number of nitrogens with zero attached hydrogens (tertiary/aromatic N) is 1. The van der Waals surface area contributed by atoms with E-state index in [-0.39, 0.29) is 36.8 Å². The maximum absolute atomic E-state index is 12.1. The molecule has 4 N–H and O–H groups in total. The second-order valence-electron chi connectivity index (χ2n) is 5.16. The highest BCUT2D eigenvalue weighted by atomic mass is 35.5. The maximum Gasteiger partial charge on any atom is 0.248 e. The molecule has 3 atom stereocenters. The number of hydrogen-bond acceptors (Lipinski definition) is 4. The predicted molar refractivity (Wildman–Crippen MR) is 72.7 cm³/mol. The molecule has 1 aliphatic heterocycles. The van der Waals surface area contributed by atoms with Gasteiger partial charge < -0.3 is 21.1 Å². The van der Waals surface area contributed by atoms with E-state index in [0.29, 0.717) is 19.6 Å². The summed E-state index contributed by atoms with van der Waals surface area (Å²) in [5.41, 5.74) is 11.2. The van der Waals surface area contributed by atoms with Crippen molar-refractivity contribution in [3.63, 3.8) is 0 Å². The number of carbonyl (C=O) groups is 2. The fourth-order valence-electron chi connectivity index (χ4n) is 2.72. The topological polar surface area (TPSA) is 98.7 Å². The lowest BCUT2D eigenvalue weighted by molar-refractivity contribution is -0.146. The van der Waals surface area contributed by atoms with Crippen LogP contribution in [-0.4, -0.2) is 48.6 Å². The normalized spacial score (nSPS) is 30.8. The summed E-state index contributed by atoms with van der Waals surface area (Å²) in [7, 11) is 0. The van der Waals surface area contributed by atoms with E-state index < -0.39 is 12.0 Å². The first-order chi connectivity index (χ1) is 8.58. The number of hydrogen-bond donors (Lipinski definition) is 2. The molecule has 0 aromatic carbocycles. The molecule has 1 heterocycles. The number of ether oxygens (including phenoxy) is 1. The van der Waals surface area contributed by atoms with Crippen LogP contribution in [0.15, 0.2) is 0 Å². The Balaban J connectivity index is 0.00000180. The number of primary amides is 1. The van der Waals surface area contributed by atoms with Crippen LogP contribution in [0.2, 0.25) is 0 Å². The second kappa shape index (κ2) is 7.07. The SMILES string of the molecule is Cl.NC(=O)C1CN(C(=O)C[C@@H]2CCC[C@H]2N)CCO1. The van der Waals surface area contributed by atoms with Crippen molar-refractivity contribution < 1.29 is 14.3 Å². The first kappa shape index (κ1) is 16.2. The van der Waals surface area contributed by atoms with Gasteiger partial charge in [-0.2, -0.15) is 0 Å². The molecular formula is C12H22ClN3O3. The number of nitrogens with two attached hydrogens (primary N) is 2. The molecule has 19 heavy (non-hydrogen) atoms. The fraction of sp³-hybridized carbons (Fsp3) is 0.833. The Kier molecular flexibility index (Phi) is 6.03. The minimum Gasteiger partial charge on any atom is -0.367 e. The number of morpholine rings is 1. The lowest BCUT2D eigenvalue weighted by atomic mass is 9.99. The largest absolute Gasteiger partial charge is 0.367 e. The van der Waals surface area contributed by atoms with Gasteiger partial charge in [-0.15, -0.1) is 12.4 Å². The highest BCUT2D eigenvalue weighted by Gasteiger charge is 2.31. The molecule has 0 aromatic rings. The molecule has 1 saturated heterocycles. The predicted octanol–water partition coefficient (Wildman–Crippen LogP) is -0.362. The van der Waals surface area contributed by atoms with Gasteiger partial charge in [0.25, 0.3) is 0 Å². The van der Waals surface area contributed by atoms with Crippen LogP contribution in [0.25, 0.3) is 0 Å². The molecule has 2 rings (SSSR count). The standard InChI is InChI=1S/C12H21N3O3.ClH/c13-9-3-1-2-8(9)6-11(16)15-4-5-18-10(7-15)12(14)17;/h8-10H,1-7,13H2,(H2,14,17);1H/t8-,9+,10?;/m0./s1. The Bertz CT molecular complexity index is 340. The van der Waals surface area contributed by atoms with E-state index in [4.69, 9.17) is 16.2 Å². The molecule has 110 valence electrons. The van der Waals surface area contributed by atoms with Gasteiger partial charge >= 0.3 is 0 Å². The summed E-state index contributed by atoms with van der Waals surface area (Å²) in [6.45, 7) is 1.18. The van der Waals surface area contributed by atoms with Gasteiger partial charge in [-0.25, -0.2) is 0 Å². The summed E-state index contributed by atoms with van der Waals surface area (Å²) in [6, 6.07) is 0.141. The summed E-state index contributed by atoms with van der Waals surface area (Å²) in [4.78, 5) is 24.9. The van der Waals surface area contributed by atoms with Crippen LogP contribution >= 0.6 is 12.4 Å².